The molecule has 0 heterocycles. The first-order valence-corrected chi connectivity index (χ1v) is 15.8. The van der Waals surface area contributed by atoms with Crippen molar-refractivity contribution in [2.24, 2.45) is 5.92 Å². The van der Waals surface area contributed by atoms with Crippen molar-refractivity contribution in [1.82, 2.24) is 0 Å². The number of hydrogen-bond acceptors (Lipinski definition) is 0. The normalized spacial score (nSPS) is 13.8. The van der Waals surface area contributed by atoms with Crippen LogP contribution in [0.15, 0.2) is 75.3 Å². The Hall–Kier alpha value is -1.06. The van der Waals surface area contributed by atoms with E-state index in [1.807, 2.05) is 0 Å². The van der Waals surface area contributed by atoms with E-state index in [9.17, 15) is 0 Å². The van der Waals surface area contributed by atoms with E-state index in [2.05, 4.69) is 136 Å². The number of benzene rings is 3. The average molecular weight is 618 g/mol. The zero-order valence-corrected chi connectivity index (χ0v) is 28.7. The van der Waals surface area contributed by atoms with Gasteiger partial charge in [-0.1, -0.05) is 0 Å². The molecule has 0 saturated heterocycles. The molecule has 0 N–H and O–H groups in total. The van der Waals surface area contributed by atoms with Gasteiger partial charge in [-0.2, -0.15) is 0 Å². The molecule has 4 rings (SSSR count). The van der Waals surface area contributed by atoms with Gasteiger partial charge >= 0.3 is 227 Å². The third-order valence-corrected chi connectivity index (χ3v) is 13.8. The number of allylic oxidation sites excluding steroid dienone is 4. The number of aryl methyl sites for hydroxylation is 6. The summed E-state index contributed by atoms with van der Waals surface area (Å²) in [6, 6.07) is 21.9. The first kappa shape index (κ1) is 35.0. The van der Waals surface area contributed by atoms with Gasteiger partial charge in [0.1, 0.15) is 0 Å². The van der Waals surface area contributed by atoms with Crippen LogP contribution in [0.2, 0.25) is 0 Å². The van der Waals surface area contributed by atoms with Crippen molar-refractivity contribution in [3.63, 3.8) is 0 Å². The van der Waals surface area contributed by atoms with E-state index < -0.39 is 8.07 Å². The van der Waals surface area contributed by atoms with E-state index in [4.69, 9.17) is 0 Å². The Bertz CT molecular complexity index is 1170. The second-order valence-corrected chi connectivity index (χ2v) is 15.5. The summed E-state index contributed by atoms with van der Waals surface area (Å²) in [7, 11) is -2.52. The predicted molar refractivity (Wildman–Crippen MR) is 152 cm³/mol. The van der Waals surface area contributed by atoms with Crippen LogP contribution in [-0.2, 0) is 20.4 Å². The molecular weight excluding hydrogens is 579 g/mol. The molecule has 0 saturated carbocycles. The second-order valence-electron chi connectivity index (χ2n) is 10.9. The molecule has 0 amide bonds. The molecule has 0 nitrogen and oxygen atoms in total. The minimum Gasteiger partial charge on any atom is -1.00 e. The molecule has 38 heavy (non-hydrogen) atoms. The molecule has 1 aliphatic carbocycles. The van der Waals surface area contributed by atoms with Crippen molar-refractivity contribution in [1.29, 1.82) is 0 Å². The zero-order valence-electron chi connectivity index (χ0n) is 23.9. The topological polar surface area (TPSA) is 0 Å². The van der Waals surface area contributed by atoms with Crippen molar-refractivity contribution in [3.8, 4) is 0 Å². The Morgan fingerprint density at radius 1 is 0.632 bits per heavy atom. The molecule has 1 atom stereocenters. The van der Waals surface area contributed by atoms with Gasteiger partial charge in [-0.05, 0) is 0 Å². The molecule has 0 aromatic heterocycles. The van der Waals surface area contributed by atoms with Crippen LogP contribution in [-0.4, -0.2) is 8.07 Å². The summed E-state index contributed by atoms with van der Waals surface area (Å²) in [5.41, 5.74) is 9.72. The van der Waals surface area contributed by atoms with E-state index in [1.54, 1.807) is 14.6 Å². The SMILES string of the molecule is CCC(C)C1=CCC([Si](c2cc(C)cc(C)c2)(c2cc(C)cc(C)c2)c2cc(C)cc(C)c2)=[C]1[Ti+3].[Cl-].[Cl-].[Cl-]. The standard InChI is InChI=1S/C33H39Si.3ClH.Ti/c1-9-28(8)29-10-11-30(21-29)34(31-15-22(2)12-23(3)16-31,32-17-24(4)13-25(5)18-32)33-19-26(6)14-27(7)20-33;;;;/h10,12-20,28H,9,11H2,1-8H3;3*1H;/q;;;;+3/p-3. The molecule has 3 aromatic rings. The zero-order chi connectivity index (χ0) is 25.5. The quantitative estimate of drug-likeness (QED) is 0.217. The Balaban J connectivity index is 0.00000241. The first-order chi connectivity index (χ1) is 16.6. The fourth-order valence-corrected chi connectivity index (χ4v) is 13.4. The maximum atomic E-state index is 2.55. The summed E-state index contributed by atoms with van der Waals surface area (Å²) in [6.45, 7) is 18.3. The van der Waals surface area contributed by atoms with Crippen molar-refractivity contribution in [3.05, 3.63) is 109 Å². The smallest absolute Gasteiger partial charge is 1.00 e. The fourth-order valence-electron chi connectivity index (χ4n) is 6.19. The Kier molecular flexibility index (Phi) is 12.9. The largest absolute Gasteiger partial charge is 1.00 e. The van der Waals surface area contributed by atoms with Gasteiger partial charge in [0.2, 0.25) is 0 Å². The van der Waals surface area contributed by atoms with Crippen LogP contribution in [0.3, 0.4) is 0 Å². The van der Waals surface area contributed by atoms with Gasteiger partial charge in [-0.3, -0.25) is 0 Å². The summed E-state index contributed by atoms with van der Waals surface area (Å²) < 4.78 is 1.54. The molecule has 3 aromatic carbocycles. The van der Waals surface area contributed by atoms with Crippen LogP contribution in [0.1, 0.15) is 60.1 Å². The molecule has 0 bridgehead atoms. The number of hydrogen-bond donors (Lipinski definition) is 0. The van der Waals surface area contributed by atoms with E-state index in [-0.39, 0.29) is 37.2 Å². The Morgan fingerprint density at radius 2 is 0.947 bits per heavy atom. The summed E-state index contributed by atoms with van der Waals surface area (Å²) in [4.78, 5) is 0. The number of rotatable bonds is 6. The molecule has 1 aliphatic rings. The Morgan fingerprint density at radius 3 is 1.24 bits per heavy atom. The van der Waals surface area contributed by atoms with Crippen molar-refractivity contribution in [2.45, 2.75) is 68.2 Å². The second kappa shape index (κ2) is 14.0. The van der Waals surface area contributed by atoms with Gasteiger partial charge in [0.05, 0.1) is 0 Å². The van der Waals surface area contributed by atoms with Gasteiger partial charge in [-0.15, -0.1) is 0 Å². The molecular formula is C33H39Cl3SiTi. The predicted octanol–water partition coefficient (Wildman–Crippen LogP) is -2.26. The summed E-state index contributed by atoms with van der Waals surface area (Å²) in [5.74, 6) is 0.594. The fraction of sp³-hybridized carbons (Fsp3) is 0.333. The molecule has 200 valence electrons. The van der Waals surface area contributed by atoms with E-state index in [0.29, 0.717) is 5.92 Å². The van der Waals surface area contributed by atoms with Crippen LogP contribution >= 0.6 is 0 Å². The van der Waals surface area contributed by atoms with Crippen LogP contribution < -0.4 is 52.8 Å². The van der Waals surface area contributed by atoms with E-state index in [1.165, 1.54) is 55.4 Å². The maximum Gasteiger partial charge on any atom is -1.00 e. The minimum absolute atomic E-state index is 0. The van der Waals surface area contributed by atoms with Gasteiger partial charge in [-0.25, -0.2) is 0 Å². The summed E-state index contributed by atoms with van der Waals surface area (Å²) in [6.07, 6.45) is 4.79. The minimum atomic E-state index is -2.52. The van der Waals surface area contributed by atoms with Crippen LogP contribution in [0, 0.1) is 47.5 Å². The van der Waals surface area contributed by atoms with Crippen molar-refractivity contribution in [2.75, 3.05) is 0 Å². The van der Waals surface area contributed by atoms with Crippen LogP contribution in [0.25, 0.3) is 0 Å². The first-order valence-electron chi connectivity index (χ1n) is 13.0. The van der Waals surface area contributed by atoms with Crippen molar-refractivity contribution >= 4 is 23.6 Å². The van der Waals surface area contributed by atoms with E-state index in [0.717, 1.165) is 6.42 Å². The van der Waals surface area contributed by atoms with Gasteiger partial charge in [0.15, 0.2) is 0 Å². The molecule has 0 radical (unpaired) electrons. The van der Waals surface area contributed by atoms with Crippen LogP contribution in [0.4, 0.5) is 0 Å². The average Bonchev–Trinajstić information content (AvgIpc) is 3.13. The molecule has 0 fully saturated rings. The third-order valence-electron chi connectivity index (χ3n) is 7.68. The van der Waals surface area contributed by atoms with E-state index >= 15 is 0 Å². The Labute approximate surface area is 262 Å². The maximum absolute atomic E-state index is 2.55. The van der Waals surface area contributed by atoms with Gasteiger partial charge in [0.25, 0.3) is 0 Å². The molecule has 0 spiro atoms. The summed E-state index contributed by atoms with van der Waals surface area (Å²) in [5, 5.41) is 6.25. The molecule has 5 heteroatoms. The van der Waals surface area contributed by atoms with Gasteiger partial charge < -0.3 is 37.2 Å². The summed E-state index contributed by atoms with van der Waals surface area (Å²) >= 11 is 2.41. The van der Waals surface area contributed by atoms with Gasteiger partial charge in [0, 0.05) is 0 Å². The molecule has 1 unspecified atom stereocenters. The van der Waals surface area contributed by atoms with Crippen molar-refractivity contribution < 1.29 is 57.7 Å². The number of halogens is 3. The third kappa shape index (κ3) is 6.63. The van der Waals surface area contributed by atoms with Crippen LogP contribution in [0.5, 0.6) is 0 Å². The molecule has 0 aliphatic heterocycles. The monoisotopic (exact) mass is 616 g/mol.